The van der Waals surface area contributed by atoms with Gasteiger partial charge < -0.3 is 14.4 Å². The Morgan fingerprint density at radius 2 is 1.70 bits per heavy atom. The molecule has 2 rings (SSSR count). The van der Waals surface area contributed by atoms with Crippen molar-refractivity contribution >= 4 is 11.9 Å². The normalized spacial score (nSPS) is 25.1. The zero-order valence-electron chi connectivity index (χ0n) is 14.6. The van der Waals surface area contributed by atoms with Crippen molar-refractivity contribution in [3.05, 3.63) is 0 Å². The summed E-state index contributed by atoms with van der Waals surface area (Å²) in [6.45, 7) is 8.48. The molecule has 0 atom stereocenters. The Labute approximate surface area is 138 Å². The third-order valence-electron chi connectivity index (χ3n) is 4.03. The molecule has 0 N–H and O–H groups in total. The predicted molar refractivity (Wildman–Crippen MR) is 86.9 cm³/mol. The molecule has 2 fully saturated rings. The van der Waals surface area contributed by atoms with Crippen molar-refractivity contribution in [2.24, 2.45) is 5.92 Å². The molecule has 0 aromatic rings. The molecule has 0 aromatic carbocycles. The van der Waals surface area contributed by atoms with Crippen LogP contribution in [0.15, 0.2) is 0 Å². The molecule has 23 heavy (non-hydrogen) atoms. The summed E-state index contributed by atoms with van der Waals surface area (Å²) < 4.78 is 11.5. The zero-order valence-corrected chi connectivity index (χ0v) is 14.6. The number of nitrogens with zero attached hydrogens (tertiary/aromatic N) is 1. The van der Waals surface area contributed by atoms with E-state index in [9.17, 15) is 9.59 Å². The van der Waals surface area contributed by atoms with E-state index in [1.807, 2.05) is 20.8 Å². The van der Waals surface area contributed by atoms with Crippen molar-refractivity contribution in [1.29, 1.82) is 0 Å². The molecule has 5 nitrogen and oxygen atoms in total. The van der Waals surface area contributed by atoms with Crippen LogP contribution < -0.4 is 0 Å². The largest absolute Gasteiger partial charge is 0.444 e. The second-order valence-electron chi connectivity index (χ2n) is 7.42. The highest BCUT2D eigenvalue weighted by molar-refractivity contribution is 5.93. The average molecular weight is 321 g/mol. The molecule has 0 unspecified atom stereocenters. The fraction of sp³-hybridized carbons (Fsp3) is 0.778. The van der Waals surface area contributed by atoms with Crippen molar-refractivity contribution in [3.63, 3.8) is 0 Å². The van der Waals surface area contributed by atoms with Gasteiger partial charge in [0.15, 0.2) is 0 Å². The van der Waals surface area contributed by atoms with E-state index < -0.39 is 5.60 Å². The third-order valence-corrected chi connectivity index (χ3v) is 4.03. The molecule has 0 radical (unpaired) electrons. The average Bonchev–Trinajstić information content (AvgIpc) is 2.39. The number of rotatable bonds is 2. The Kier molecular flexibility index (Phi) is 5.69. The number of ketones is 1. The van der Waals surface area contributed by atoms with Crippen molar-refractivity contribution in [2.75, 3.05) is 13.1 Å². The van der Waals surface area contributed by atoms with Gasteiger partial charge in [-0.2, -0.15) is 0 Å². The van der Waals surface area contributed by atoms with Crippen LogP contribution in [0.3, 0.4) is 0 Å². The third kappa shape index (κ3) is 5.87. The highest BCUT2D eigenvalue weighted by Gasteiger charge is 2.33. The summed E-state index contributed by atoms with van der Waals surface area (Å²) in [5.41, 5.74) is -0.452. The summed E-state index contributed by atoms with van der Waals surface area (Å²) in [5.74, 6) is 5.80. The van der Waals surface area contributed by atoms with E-state index >= 15 is 0 Å². The van der Waals surface area contributed by atoms with Crippen LogP contribution in [0.2, 0.25) is 0 Å². The van der Waals surface area contributed by atoms with E-state index in [1.165, 1.54) is 6.92 Å². The minimum absolute atomic E-state index is 0.0797. The SMILES string of the molecule is CC(=O)C#CC1CC(OC2CCN(C(=O)OC(C)(C)C)CC2)C1. The number of carbonyl (C=O) groups is 2. The number of piperidine rings is 1. The fourth-order valence-corrected chi connectivity index (χ4v) is 2.77. The summed E-state index contributed by atoms with van der Waals surface area (Å²) in [7, 11) is 0. The Hall–Kier alpha value is -1.54. The van der Waals surface area contributed by atoms with Gasteiger partial charge >= 0.3 is 6.09 Å². The second-order valence-corrected chi connectivity index (χ2v) is 7.42. The summed E-state index contributed by atoms with van der Waals surface area (Å²) >= 11 is 0. The first-order chi connectivity index (χ1) is 10.7. The zero-order chi connectivity index (χ0) is 17.0. The number of likely N-dealkylation sites (tertiary alicyclic amines) is 1. The molecule has 1 amide bonds. The molecular weight excluding hydrogens is 294 g/mol. The number of ether oxygens (including phenoxy) is 2. The first-order valence-electron chi connectivity index (χ1n) is 8.38. The van der Waals surface area contributed by atoms with Gasteiger partial charge in [-0.3, -0.25) is 4.79 Å². The smallest absolute Gasteiger partial charge is 0.410 e. The number of Topliss-reactive ketones (excluding diaryl/α,β-unsaturated/α-hetero) is 1. The first-order valence-corrected chi connectivity index (χ1v) is 8.38. The maximum absolute atomic E-state index is 12.0. The van der Waals surface area contributed by atoms with Gasteiger partial charge in [0, 0.05) is 25.9 Å². The van der Waals surface area contributed by atoms with Crippen LogP contribution in [0, 0.1) is 17.8 Å². The van der Waals surface area contributed by atoms with E-state index in [0.717, 1.165) is 25.7 Å². The molecule has 1 saturated heterocycles. The summed E-state index contributed by atoms with van der Waals surface area (Å²) in [5, 5.41) is 0. The lowest BCUT2D eigenvalue weighted by molar-refractivity contribution is -0.112. The van der Waals surface area contributed by atoms with Crippen molar-refractivity contribution in [3.8, 4) is 11.8 Å². The van der Waals surface area contributed by atoms with E-state index in [-0.39, 0.29) is 24.1 Å². The van der Waals surface area contributed by atoms with Gasteiger partial charge in [-0.1, -0.05) is 5.92 Å². The standard InChI is InChI=1S/C18H27NO4/c1-13(20)5-6-14-11-16(12-14)22-15-7-9-19(10-8-15)17(21)23-18(2,3)4/h14-16H,7-12H2,1-4H3. The number of hydrogen-bond acceptors (Lipinski definition) is 4. The van der Waals surface area contributed by atoms with Gasteiger partial charge in [-0.15, -0.1) is 0 Å². The van der Waals surface area contributed by atoms with Crippen LogP contribution in [0.4, 0.5) is 4.79 Å². The molecule has 0 aromatic heterocycles. The predicted octanol–water partition coefficient (Wildman–Crippen LogP) is 2.77. The summed E-state index contributed by atoms with van der Waals surface area (Å²) in [4.78, 5) is 24.6. The van der Waals surface area contributed by atoms with Crippen molar-refractivity contribution in [1.82, 2.24) is 4.90 Å². The maximum Gasteiger partial charge on any atom is 0.410 e. The van der Waals surface area contributed by atoms with Crippen molar-refractivity contribution < 1.29 is 19.1 Å². The van der Waals surface area contributed by atoms with Crippen LogP contribution in [-0.4, -0.2) is 47.7 Å². The molecule has 128 valence electrons. The molecule has 1 aliphatic heterocycles. The quantitative estimate of drug-likeness (QED) is 0.580. The minimum atomic E-state index is -0.452. The van der Waals surface area contributed by atoms with E-state index in [4.69, 9.17) is 9.47 Å². The molecular formula is C18H27NO4. The van der Waals surface area contributed by atoms with Gasteiger partial charge in [0.2, 0.25) is 5.78 Å². The van der Waals surface area contributed by atoms with Gasteiger partial charge in [0.05, 0.1) is 12.2 Å². The molecule has 0 bridgehead atoms. The van der Waals surface area contributed by atoms with E-state index in [2.05, 4.69) is 11.8 Å². The molecule has 1 heterocycles. The molecule has 1 saturated carbocycles. The Morgan fingerprint density at radius 3 is 2.22 bits per heavy atom. The monoisotopic (exact) mass is 321 g/mol. The highest BCUT2D eigenvalue weighted by atomic mass is 16.6. The molecule has 0 spiro atoms. The summed E-state index contributed by atoms with van der Waals surface area (Å²) in [6.07, 6.45) is 3.73. The molecule has 5 heteroatoms. The maximum atomic E-state index is 12.0. The summed E-state index contributed by atoms with van der Waals surface area (Å²) in [6, 6.07) is 0. The van der Waals surface area contributed by atoms with Crippen LogP contribution in [0.25, 0.3) is 0 Å². The van der Waals surface area contributed by atoms with Crippen LogP contribution in [-0.2, 0) is 14.3 Å². The fourth-order valence-electron chi connectivity index (χ4n) is 2.77. The number of hydrogen-bond donors (Lipinski definition) is 0. The Bertz CT molecular complexity index is 497. The van der Waals surface area contributed by atoms with E-state index in [1.54, 1.807) is 4.90 Å². The van der Waals surface area contributed by atoms with Crippen LogP contribution >= 0.6 is 0 Å². The lowest BCUT2D eigenvalue weighted by Crippen LogP contribution is -2.45. The van der Waals surface area contributed by atoms with Crippen LogP contribution in [0.5, 0.6) is 0 Å². The molecule has 1 aliphatic carbocycles. The second kappa shape index (κ2) is 7.35. The Balaban J connectivity index is 1.66. The van der Waals surface area contributed by atoms with Gasteiger partial charge in [0.25, 0.3) is 0 Å². The van der Waals surface area contributed by atoms with Crippen LogP contribution in [0.1, 0.15) is 53.4 Å². The minimum Gasteiger partial charge on any atom is -0.444 e. The lowest BCUT2D eigenvalue weighted by Gasteiger charge is -2.38. The van der Waals surface area contributed by atoms with E-state index in [0.29, 0.717) is 19.0 Å². The Morgan fingerprint density at radius 1 is 1.09 bits per heavy atom. The molecule has 2 aliphatic rings. The number of amides is 1. The lowest BCUT2D eigenvalue weighted by atomic mass is 9.82. The van der Waals surface area contributed by atoms with Crippen molar-refractivity contribution in [2.45, 2.75) is 71.2 Å². The van der Waals surface area contributed by atoms with Gasteiger partial charge in [-0.05, 0) is 52.4 Å². The van der Waals surface area contributed by atoms with Gasteiger partial charge in [-0.25, -0.2) is 4.79 Å². The topological polar surface area (TPSA) is 55.8 Å². The highest BCUT2D eigenvalue weighted by Crippen LogP contribution is 2.32. The number of carbonyl (C=O) groups excluding carboxylic acids is 2. The van der Waals surface area contributed by atoms with Gasteiger partial charge in [0.1, 0.15) is 5.60 Å². The first kappa shape index (κ1) is 17.8.